The fourth-order valence-electron chi connectivity index (χ4n) is 1.94. The van der Waals surface area contributed by atoms with E-state index in [1.54, 1.807) is 18.2 Å². The number of carbonyl (C=O) groups excluding carboxylic acids is 1. The first-order valence-corrected chi connectivity index (χ1v) is 7.27. The van der Waals surface area contributed by atoms with Gasteiger partial charge in [0.1, 0.15) is 0 Å². The second kappa shape index (κ2) is 6.29. The fraction of sp³-hybridized carbons (Fsp3) is 0.133. The van der Waals surface area contributed by atoms with Gasteiger partial charge in [0, 0.05) is 10.2 Å². The largest absolute Gasteiger partial charge is 0.398 e. The number of hydrogen-bond donors (Lipinski definition) is 2. The SMILES string of the molecule is CC(NC(=O)c1cccc(Br)c1Cl)c1ccccc1N. The van der Waals surface area contributed by atoms with Crippen LogP contribution < -0.4 is 11.1 Å². The van der Waals surface area contributed by atoms with E-state index in [2.05, 4.69) is 21.2 Å². The molecule has 0 fully saturated rings. The molecule has 20 heavy (non-hydrogen) atoms. The highest BCUT2D eigenvalue weighted by atomic mass is 79.9. The molecule has 1 atom stereocenters. The zero-order chi connectivity index (χ0) is 14.7. The number of rotatable bonds is 3. The lowest BCUT2D eigenvalue weighted by atomic mass is 10.1. The Labute approximate surface area is 131 Å². The van der Waals surface area contributed by atoms with E-state index < -0.39 is 0 Å². The highest BCUT2D eigenvalue weighted by Crippen LogP contribution is 2.27. The predicted octanol–water partition coefficient (Wildman–Crippen LogP) is 4.18. The van der Waals surface area contributed by atoms with Crippen LogP contribution in [-0.2, 0) is 0 Å². The van der Waals surface area contributed by atoms with E-state index in [1.165, 1.54) is 0 Å². The Morgan fingerprint density at radius 1 is 1.25 bits per heavy atom. The Kier molecular flexibility index (Phi) is 4.68. The first-order chi connectivity index (χ1) is 9.50. The number of nitrogen functional groups attached to an aromatic ring is 1. The lowest BCUT2D eigenvalue weighted by molar-refractivity contribution is 0.0940. The maximum atomic E-state index is 12.3. The molecule has 0 aliphatic rings. The molecule has 2 rings (SSSR count). The van der Waals surface area contributed by atoms with Gasteiger partial charge in [0.05, 0.1) is 16.6 Å². The summed E-state index contributed by atoms with van der Waals surface area (Å²) in [5.74, 6) is -0.230. The Morgan fingerprint density at radius 2 is 1.95 bits per heavy atom. The van der Waals surface area contributed by atoms with Crippen LogP contribution in [0.2, 0.25) is 5.02 Å². The number of anilines is 1. The summed E-state index contributed by atoms with van der Waals surface area (Å²) in [7, 11) is 0. The summed E-state index contributed by atoms with van der Waals surface area (Å²) < 4.78 is 0.693. The van der Waals surface area contributed by atoms with Gasteiger partial charge in [-0.3, -0.25) is 4.79 Å². The summed E-state index contributed by atoms with van der Waals surface area (Å²) >= 11 is 9.42. The highest BCUT2D eigenvalue weighted by Gasteiger charge is 2.16. The van der Waals surface area contributed by atoms with Gasteiger partial charge >= 0.3 is 0 Å². The summed E-state index contributed by atoms with van der Waals surface area (Å²) in [6.45, 7) is 1.88. The quantitative estimate of drug-likeness (QED) is 0.813. The summed E-state index contributed by atoms with van der Waals surface area (Å²) in [5.41, 5.74) is 7.87. The minimum atomic E-state index is -0.230. The minimum Gasteiger partial charge on any atom is -0.398 e. The fourth-order valence-corrected chi connectivity index (χ4v) is 2.51. The highest BCUT2D eigenvalue weighted by molar-refractivity contribution is 9.10. The molecule has 3 N–H and O–H groups in total. The normalized spacial score (nSPS) is 11.9. The van der Waals surface area contributed by atoms with Crippen LogP contribution in [0.1, 0.15) is 28.9 Å². The predicted molar refractivity (Wildman–Crippen MR) is 85.9 cm³/mol. The van der Waals surface area contributed by atoms with E-state index in [9.17, 15) is 4.79 Å². The van der Waals surface area contributed by atoms with Crippen LogP contribution in [0.3, 0.4) is 0 Å². The van der Waals surface area contributed by atoms with Crippen molar-refractivity contribution in [3.8, 4) is 0 Å². The molecule has 0 aliphatic heterocycles. The van der Waals surface area contributed by atoms with Crippen LogP contribution in [0.5, 0.6) is 0 Å². The van der Waals surface area contributed by atoms with Gasteiger partial charge < -0.3 is 11.1 Å². The number of halogens is 2. The van der Waals surface area contributed by atoms with E-state index >= 15 is 0 Å². The third kappa shape index (κ3) is 3.14. The molecule has 3 nitrogen and oxygen atoms in total. The van der Waals surface area contributed by atoms with Crippen molar-refractivity contribution in [1.29, 1.82) is 0 Å². The van der Waals surface area contributed by atoms with E-state index in [1.807, 2.05) is 31.2 Å². The topological polar surface area (TPSA) is 55.1 Å². The van der Waals surface area contributed by atoms with Crippen molar-refractivity contribution in [2.45, 2.75) is 13.0 Å². The van der Waals surface area contributed by atoms with Gasteiger partial charge in [-0.25, -0.2) is 0 Å². The molecule has 2 aromatic rings. The van der Waals surface area contributed by atoms with Crippen molar-refractivity contribution in [2.75, 3.05) is 5.73 Å². The Balaban J connectivity index is 2.20. The molecule has 1 unspecified atom stereocenters. The monoisotopic (exact) mass is 352 g/mol. The second-order valence-corrected chi connectivity index (χ2v) is 5.66. The smallest absolute Gasteiger partial charge is 0.253 e. The number of nitrogens with one attached hydrogen (secondary N) is 1. The zero-order valence-electron chi connectivity index (χ0n) is 10.9. The first-order valence-electron chi connectivity index (χ1n) is 6.10. The molecule has 0 bridgehead atoms. The van der Waals surface area contributed by atoms with Crippen LogP contribution >= 0.6 is 27.5 Å². The lowest BCUT2D eigenvalue weighted by Crippen LogP contribution is -2.27. The van der Waals surface area contributed by atoms with Crippen LogP contribution in [0.15, 0.2) is 46.9 Å². The van der Waals surface area contributed by atoms with E-state index in [4.69, 9.17) is 17.3 Å². The van der Waals surface area contributed by atoms with Crippen molar-refractivity contribution in [1.82, 2.24) is 5.32 Å². The van der Waals surface area contributed by atoms with Gasteiger partial charge in [0.15, 0.2) is 0 Å². The number of amides is 1. The van der Waals surface area contributed by atoms with E-state index in [0.29, 0.717) is 20.7 Å². The van der Waals surface area contributed by atoms with Gasteiger partial charge in [0.2, 0.25) is 0 Å². The minimum absolute atomic E-state index is 0.196. The number of para-hydroxylation sites is 1. The third-order valence-corrected chi connectivity index (χ3v) is 4.30. The number of nitrogens with two attached hydrogens (primary N) is 1. The van der Waals surface area contributed by atoms with Crippen molar-refractivity contribution in [2.24, 2.45) is 0 Å². The molecular formula is C15H14BrClN2O. The molecule has 5 heteroatoms. The second-order valence-electron chi connectivity index (χ2n) is 4.43. The molecule has 104 valence electrons. The van der Waals surface area contributed by atoms with Crippen LogP contribution in [0.25, 0.3) is 0 Å². The number of benzene rings is 2. The van der Waals surface area contributed by atoms with Gasteiger partial charge in [-0.05, 0) is 46.6 Å². The van der Waals surface area contributed by atoms with Crippen molar-refractivity contribution < 1.29 is 4.79 Å². The van der Waals surface area contributed by atoms with Crippen LogP contribution in [0, 0.1) is 0 Å². The molecule has 0 spiro atoms. The zero-order valence-corrected chi connectivity index (χ0v) is 13.2. The van der Waals surface area contributed by atoms with Crippen molar-refractivity contribution in [3.05, 3.63) is 63.1 Å². The molecule has 0 saturated carbocycles. The molecule has 2 aromatic carbocycles. The van der Waals surface area contributed by atoms with Crippen LogP contribution in [0.4, 0.5) is 5.69 Å². The van der Waals surface area contributed by atoms with Gasteiger partial charge in [-0.2, -0.15) is 0 Å². The van der Waals surface area contributed by atoms with Gasteiger partial charge in [-0.1, -0.05) is 35.9 Å². The Hall–Kier alpha value is -1.52. The Bertz CT molecular complexity index is 646. The molecule has 0 heterocycles. The summed E-state index contributed by atoms with van der Waals surface area (Å²) in [6.07, 6.45) is 0. The van der Waals surface area contributed by atoms with E-state index in [-0.39, 0.29) is 11.9 Å². The maximum absolute atomic E-state index is 12.3. The van der Waals surface area contributed by atoms with Crippen LogP contribution in [-0.4, -0.2) is 5.91 Å². The van der Waals surface area contributed by atoms with Crippen molar-refractivity contribution >= 4 is 39.1 Å². The maximum Gasteiger partial charge on any atom is 0.253 e. The summed E-state index contributed by atoms with van der Waals surface area (Å²) in [6, 6.07) is 12.5. The van der Waals surface area contributed by atoms with Crippen molar-refractivity contribution in [3.63, 3.8) is 0 Å². The third-order valence-electron chi connectivity index (χ3n) is 3.01. The summed E-state index contributed by atoms with van der Waals surface area (Å²) in [4.78, 5) is 12.3. The molecule has 0 saturated heterocycles. The molecule has 0 radical (unpaired) electrons. The standard InChI is InChI=1S/C15H14BrClN2O/c1-9(10-5-2-3-8-13(10)18)19-15(20)11-6-4-7-12(16)14(11)17/h2-9H,18H2,1H3,(H,19,20). The number of hydrogen-bond acceptors (Lipinski definition) is 2. The first kappa shape index (κ1) is 14.9. The van der Waals surface area contributed by atoms with Gasteiger partial charge in [0.25, 0.3) is 5.91 Å². The summed E-state index contributed by atoms with van der Waals surface area (Å²) in [5, 5.41) is 3.30. The lowest BCUT2D eigenvalue weighted by Gasteiger charge is -2.17. The Morgan fingerprint density at radius 3 is 2.65 bits per heavy atom. The van der Waals surface area contributed by atoms with E-state index in [0.717, 1.165) is 5.56 Å². The molecule has 0 aromatic heterocycles. The number of carbonyl (C=O) groups is 1. The molecule has 1 amide bonds. The average molecular weight is 354 g/mol. The van der Waals surface area contributed by atoms with Gasteiger partial charge in [-0.15, -0.1) is 0 Å². The average Bonchev–Trinajstić information content (AvgIpc) is 2.42. The molecule has 0 aliphatic carbocycles. The molecular weight excluding hydrogens is 340 g/mol.